The van der Waals surface area contributed by atoms with Crippen molar-refractivity contribution < 1.29 is 14.7 Å². The summed E-state index contributed by atoms with van der Waals surface area (Å²) in [6, 6.07) is 1.41. The Hall–Kier alpha value is -2.44. The minimum absolute atomic E-state index is 0.246. The average Bonchev–Trinajstić information content (AvgIpc) is 2.73. The summed E-state index contributed by atoms with van der Waals surface area (Å²) in [5.74, 6) is -1.61. The fourth-order valence-electron chi connectivity index (χ4n) is 3.77. The van der Waals surface area contributed by atoms with E-state index in [0.29, 0.717) is 24.1 Å². The number of fused-ring (bicyclic) bond motifs is 1. The van der Waals surface area contributed by atoms with Crippen molar-refractivity contribution in [2.75, 3.05) is 0 Å². The van der Waals surface area contributed by atoms with E-state index in [1.165, 1.54) is 0 Å². The highest BCUT2D eigenvalue weighted by molar-refractivity contribution is 6.06. The number of amides is 1. The summed E-state index contributed by atoms with van der Waals surface area (Å²) in [6.07, 6.45) is 4.14. The Morgan fingerprint density at radius 1 is 1.24 bits per heavy atom. The lowest BCUT2D eigenvalue weighted by molar-refractivity contribution is -0.142. The third-order valence-electron chi connectivity index (χ3n) is 4.99. The third kappa shape index (κ3) is 3.36. The second kappa shape index (κ2) is 6.82. The number of hydrogen-bond donors (Lipinski definition) is 2. The van der Waals surface area contributed by atoms with Gasteiger partial charge in [0.2, 0.25) is 0 Å². The minimum atomic E-state index is -0.833. The van der Waals surface area contributed by atoms with Gasteiger partial charge in [-0.1, -0.05) is 19.3 Å². The summed E-state index contributed by atoms with van der Waals surface area (Å²) in [4.78, 5) is 29.0. The van der Waals surface area contributed by atoms with Crippen molar-refractivity contribution in [3.05, 3.63) is 23.0 Å². The average molecular weight is 344 g/mol. The van der Waals surface area contributed by atoms with Crippen LogP contribution in [0.3, 0.4) is 0 Å². The van der Waals surface area contributed by atoms with E-state index in [4.69, 9.17) is 0 Å². The van der Waals surface area contributed by atoms with Crippen LogP contribution in [0.15, 0.2) is 6.07 Å². The summed E-state index contributed by atoms with van der Waals surface area (Å²) in [6.45, 7) is 3.69. The van der Waals surface area contributed by atoms with E-state index in [0.717, 1.165) is 36.0 Å². The molecule has 1 saturated carbocycles. The lowest BCUT2D eigenvalue weighted by atomic mass is 9.94. The van der Waals surface area contributed by atoms with E-state index in [1.807, 2.05) is 13.8 Å². The number of hydrogen-bond acceptors (Lipinski definition) is 4. The number of pyridine rings is 1. The summed E-state index contributed by atoms with van der Waals surface area (Å²) in [5.41, 5.74) is 2.65. The zero-order chi connectivity index (χ0) is 18.1. The molecule has 0 unspecified atom stereocenters. The maximum atomic E-state index is 13.0. The summed E-state index contributed by atoms with van der Waals surface area (Å²) in [7, 11) is 1.80. The number of nitrogens with zero attached hydrogens (tertiary/aromatic N) is 3. The van der Waals surface area contributed by atoms with Crippen molar-refractivity contribution in [1.29, 1.82) is 0 Å². The first-order valence-electron chi connectivity index (χ1n) is 8.73. The first kappa shape index (κ1) is 17.4. The number of aryl methyl sites for hydroxylation is 3. The Morgan fingerprint density at radius 3 is 2.68 bits per heavy atom. The van der Waals surface area contributed by atoms with Gasteiger partial charge in [0.05, 0.1) is 22.6 Å². The molecule has 7 nitrogen and oxygen atoms in total. The molecule has 2 N–H and O–H groups in total. The van der Waals surface area contributed by atoms with Crippen LogP contribution in [0.4, 0.5) is 0 Å². The third-order valence-corrected chi connectivity index (χ3v) is 4.99. The monoisotopic (exact) mass is 344 g/mol. The molecule has 0 aliphatic heterocycles. The van der Waals surface area contributed by atoms with Crippen molar-refractivity contribution >= 4 is 22.9 Å². The molecule has 0 saturated heterocycles. The molecule has 1 amide bonds. The van der Waals surface area contributed by atoms with Crippen LogP contribution in [0, 0.1) is 19.8 Å². The van der Waals surface area contributed by atoms with Crippen LogP contribution in [0.5, 0.6) is 0 Å². The second-order valence-corrected chi connectivity index (χ2v) is 6.88. The number of aliphatic carboxylic acids is 1. The van der Waals surface area contributed by atoms with Crippen molar-refractivity contribution in [2.45, 2.75) is 52.0 Å². The number of aromatic nitrogens is 3. The maximum absolute atomic E-state index is 13.0. The Morgan fingerprint density at radius 2 is 1.96 bits per heavy atom. The van der Waals surface area contributed by atoms with Gasteiger partial charge < -0.3 is 10.4 Å². The molecular formula is C18H24N4O3. The lowest BCUT2D eigenvalue weighted by Crippen LogP contribution is -2.43. The van der Waals surface area contributed by atoms with E-state index in [1.54, 1.807) is 17.8 Å². The highest BCUT2D eigenvalue weighted by Crippen LogP contribution is 2.26. The smallest absolute Gasteiger partial charge is 0.308 e. The predicted octanol–water partition coefficient (Wildman–Crippen LogP) is 2.35. The zero-order valence-electron chi connectivity index (χ0n) is 14.9. The molecule has 0 spiro atoms. The molecule has 7 heteroatoms. The Labute approximate surface area is 146 Å². The fraction of sp³-hybridized carbons (Fsp3) is 0.556. The largest absolute Gasteiger partial charge is 0.481 e. The molecular weight excluding hydrogens is 320 g/mol. The molecule has 0 bridgehead atoms. The second-order valence-electron chi connectivity index (χ2n) is 6.88. The van der Waals surface area contributed by atoms with Gasteiger partial charge in [-0.05, 0) is 32.8 Å². The van der Waals surface area contributed by atoms with Crippen LogP contribution >= 0.6 is 0 Å². The molecule has 1 fully saturated rings. The number of carboxylic acids is 1. The van der Waals surface area contributed by atoms with Crippen molar-refractivity contribution in [3.63, 3.8) is 0 Å². The first-order valence-corrected chi connectivity index (χ1v) is 8.73. The zero-order valence-corrected chi connectivity index (χ0v) is 14.9. The Bertz CT molecular complexity index is 827. The number of nitrogens with one attached hydrogen (secondary N) is 1. The van der Waals surface area contributed by atoms with Gasteiger partial charge in [0.15, 0.2) is 5.65 Å². The number of carbonyl (C=O) groups is 2. The Balaban J connectivity index is 1.95. The molecule has 2 heterocycles. The van der Waals surface area contributed by atoms with E-state index >= 15 is 0 Å². The number of carboxylic acid groups (broad SMARTS) is 1. The van der Waals surface area contributed by atoms with Gasteiger partial charge in [-0.2, -0.15) is 5.10 Å². The van der Waals surface area contributed by atoms with Gasteiger partial charge in [0.1, 0.15) is 0 Å². The van der Waals surface area contributed by atoms with Crippen LogP contribution in [-0.4, -0.2) is 37.8 Å². The molecule has 3 rings (SSSR count). The molecule has 0 radical (unpaired) electrons. The summed E-state index contributed by atoms with van der Waals surface area (Å²) >= 11 is 0. The summed E-state index contributed by atoms with van der Waals surface area (Å²) < 4.78 is 1.67. The van der Waals surface area contributed by atoms with Gasteiger partial charge in [0.25, 0.3) is 5.91 Å². The first-order chi connectivity index (χ1) is 11.9. The van der Waals surface area contributed by atoms with Crippen molar-refractivity contribution in [2.24, 2.45) is 13.0 Å². The van der Waals surface area contributed by atoms with Gasteiger partial charge in [0, 0.05) is 18.8 Å². The van der Waals surface area contributed by atoms with Crippen molar-refractivity contribution in [1.82, 2.24) is 20.1 Å². The van der Waals surface area contributed by atoms with E-state index in [9.17, 15) is 14.7 Å². The molecule has 1 aliphatic rings. The normalized spacial score (nSPS) is 21.1. The minimum Gasteiger partial charge on any atom is -0.481 e. The van der Waals surface area contributed by atoms with Gasteiger partial charge in [-0.3, -0.25) is 14.3 Å². The molecule has 2 aromatic heterocycles. The van der Waals surface area contributed by atoms with Crippen LogP contribution in [-0.2, 0) is 11.8 Å². The highest BCUT2D eigenvalue weighted by atomic mass is 16.4. The van der Waals surface area contributed by atoms with Crippen molar-refractivity contribution in [3.8, 4) is 0 Å². The predicted molar refractivity (Wildman–Crippen MR) is 93.4 cm³/mol. The Kier molecular flexibility index (Phi) is 4.74. The van der Waals surface area contributed by atoms with Crippen LogP contribution < -0.4 is 5.32 Å². The standard InChI is InChI=1S/C18H24N4O3/c1-10-9-13(15-11(2)21-22(3)16(15)19-10)17(23)20-14-8-6-4-5-7-12(14)18(24)25/h9,12,14H,4-8H2,1-3H3,(H,20,23)(H,24,25)/t12-,14+/m1/s1. The maximum Gasteiger partial charge on any atom is 0.308 e. The molecule has 1 aliphatic carbocycles. The molecule has 25 heavy (non-hydrogen) atoms. The van der Waals surface area contributed by atoms with Gasteiger partial charge in [-0.15, -0.1) is 0 Å². The molecule has 134 valence electrons. The molecule has 2 aromatic rings. The van der Waals surface area contributed by atoms with E-state index in [-0.39, 0.29) is 11.9 Å². The number of carbonyl (C=O) groups excluding carboxylic acids is 1. The highest BCUT2D eigenvalue weighted by Gasteiger charge is 2.31. The molecule has 2 atom stereocenters. The number of rotatable bonds is 3. The fourth-order valence-corrected chi connectivity index (χ4v) is 3.77. The van der Waals surface area contributed by atoms with E-state index in [2.05, 4.69) is 15.4 Å². The van der Waals surface area contributed by atoms with Crippen LogP contribution in [0.1, 0.15) is 53.8 Å². The quantitative estimate of drug-likeness (QED) is 0.833. The lowest BCUT2D eigenvalue weighted by Gasteiger charge is -2.23. The van der Waals surface area contributed by atoms with Gasteiger partial charge >= 0.3 is 5.97 Å². The summed E-state index contributed by atoms with van der Waals surface area (Å²) in [5, 5.41) is 17.6. The SMILES string of the molecule is Cc1cc(C(=O)N[C@H]2CCCCC[C@H]2C(=O)O)c2c(C)nn(C)c2n1. The topological polar surface area (TPSA) is 97.1 Å². The molecule has 0 aromatic carbocycles. The van der Waals surface area contributed by atoms with Gasteiger partial charge in [-0.25, -0.2) is 4.98 Å². The van der Waals surface area contributed by atoms with E-state index < -0.39 is 11.9 Å². The van der Waals surface area contributed by atoms with Crippen LogP contribution in [0.2, 0.25) is 0 Å². The van der Waals surface area contributed by atoms with Crippen LogP contribution in [0.25, 0.3) is 11.0 Å².